The van der Waals surface area contributed by atoms with Gasteiger partial charge >= 0.3 is 0 Å². The molecule has 3 aromatic rings. The van der Waals surface area contributed by atoms with E-state index in [9.17, 15) is 0 Å². The van der Waals surface area contributed by atoms with Crippen LogP contribution in [-0.4, -0.2) is 16.5 Å². The lowest BCUT2D eigenvalue weighted by atomic mass is 9.75. The molecule has 2 aliphatic carbocycles. The minimum absolute atomic E-state index is 0.414. The molecule has 0 unspecified atom stereocenters. The van der Waals surface area contributed by atoms with E-state index in [0.717, 1.165) is 23.7 Å². The van der Waals surface area contributed by atoms with Crippen molar-refractivity contribution < 1.29 is 0 Å². The third kappa shape index (κ3) is 3.16. The van der Waals surface area contributed by atoms with Gasteiger partial charge in [-0.05, 0) is 55.0 Å². The number of halogens is 1. The standard InChI is InChI=1S/C24H23ClN4/c25-17-4-3-5-18(12-17)26-24-27-21(15-8-9-15)13-23(28-24)29-14-16-10-11-22(29)20-7-2-1-6-19(16)20/h1-7,12-13,15-16,22H,8-11,14H2,(H,26,27,28)/t16-,22+/m1/s1. The summed E-state index contributed by atoms with van der Waals surface area (Å²) in [6.07, 6.45) is 4.91. The Kier molecular flexibility index (Phi) is 4.01. The highest BCUT2D eigenvalue weighted by atomic mass is 35.5. The maximum absolute atomic E-state index is 6.16. The molecule has 1 saturated carbocycles. The second-order valence-electron chi connectivity index (χ2n) is 8.46. The van der Waals surface area contributed by atoms with E-state index in [0.29, 0.717) is 28.8 Å². The van der Waals surface area contributed by atoms with Crippen LogP contribution in [0.25, 0.3) is 0 Å². The van der Waals surface area contributed by atoms with Gasteiger partial charge in [-0.25, -0.2) is 4.98 Å². The first-order chi connectivity index (χ1) is 14.2. The smallest absolute Gasteiger partial charge is 0.229 e. The molecule has 2 aliphatic heterocycles. The van der Waals surface area contributed by atoms with Crippen LogP contribution in [-0.2, 0) is 0 Å². The summed E-state index contributed by atoms with van der Waals surface area (Å²) in [6, 6.07) is 19.3. The largest absolute Gasteiger partial charge is 0.349 e. The molecule has 1 N–H and O–H groups in total. The van der Waals surface area contributed by atoms with Gasteiger partial charge in [-0.1, -0.05) is 41.9 Å². The van der Waals surface area contributed by atoms with Crippen LogP contribution in [0.1, 0.15) is 60.4 Å². The number of fused-ring (bicyclic) bond motifs is 2. The number of hydrogen-bond donors (Lipinski definition) is 1. The summed E-state index contributed by atoms with van der Waals surface area (Å²) in [4.78, 5) is 12.3. The van der Waals surface area contributed by atoms with Crippen LogP contribution in [0.2, 0.25) is 5.02 Å². The zero-order valence-electron chi connectivity index (χ0n) is 16.2. The number of benzene rings is 2. The van der Waals surface area contributed by atoms with Crippen LogP contribution >= 0.6 is 11.6 Å². The molecule has 4 aliphatic rings. The number of piperidine rings is 1. The molecule has 0 radical (unpaired) electrons. The second kappa shape index (κ2) is 6.74. The molecule has 5 heteroatoms. The topological polar surface area (TPSA) is 41.1 Å². The predicted molar refractivity (Wildman–Crippen MR) is 117 cm³/mol. The summed E-state index contributed by atoms with van der Waals surface area (Å²) in [5, 5.41) is 4.08. The monoisotopic (exact) mass is 402 g/mol. The van der Waals surface area contributed by atoms with Crippen molar-refractivity contribution in [2.45, 2.75) is 43.6 Å². The summed E-state index contributed by atoms with van der Waals surface area (Å²) in [5.74, 6) is 2.89. The van der Waals surface area contributed by atoms with E-state index in [1.165, 1.54) is 36.8 Å². The third-order valence-electron chi connectivity index (χ3n) is 6.48. The Balaban J connectivity index is 1.38. The molecule has 29 heavy (non-hydrogen) atoms. The van der Waals surface area contributed by atoms with Gasteiger partial charge in [0.1, 0.15) is 5.82 Å². The number of nitrogens with one attached hydrogen (secondary N) is 1. The van der Waals surface area contributed by atoms with Gasteiger partial charge in [0.15, 0.2) is 0 Å². The molecular weight excluding hydrogens is 380 g/mol. The van der Waals surface area contributed by atoms with E-state index >= 15 is 0 Å². The average molecular weight is 403 g/mol. The third-order valence-corrected chi connectivity index (χ3v) is 6.71. The quantitative estimate of drug-likeness (QED) is 0.564. The minimum Gasteiger partial charge on any atom is -0.349 e. The lowest BCUT2D eigenvalue weighted by molar-refractivity contribution is 0.387. The Morgan fingerprint density at radius 1 is 0.862 bits per heavy atom. The van der Waals surface area contributed by atoms with Gasteiger partial charge in [0, 0.05) is 35.2 Å². The predicted octanol–water partition coefficient (Wildman–Crippen LogP) is 6.19. The van der Waals surface area contributed by atoms with Gasteiger partial charge in [-0.15, -0.1) is 0 Å². The molecule has 3 heterocycles. The van der Waals surface area contributed by atoms with E-state index in [-0.39, 0.29) is 0 Å². The number of anilines is 3. The molecular formula is C24H23ClN4. The normalized spacial score (nSPS) is 22.4. The van der Waals surface area contributed by atoms with E-state index in [1.54, 1.807) is 0 Å². The van der Waals surface area contributed by atoms with Crippen molar-refractivity contribution in [2.75, 3.05) is 16.8 Å². The highest BCUT2D eigenvalue weighted by Gasteiger charge is 2.39. The van der Waals surface area contributed by atoms with E-state index in [1.807, 2.05) is 24.3 Å². The number of rotatable bonds is 4. The molecule has 1 aromatic heterocycles. The minimum atomic E-state index is 0.414. The van der Waals surface area contributed by atoms with Crippen LogP contribution in [0.4, 0.5) is 17.5 Å². The molecule has 2 bridgehead atoms. The fourth-order valence-corrected chi connectivity index (χ4v) is 5.12. The van der Waals surface area contributed by atoms with E-state index in [4.69, 9.17) is 21.6 Å². The van der Waals surface area contributed by atoms with Gasteiger partial charge in [-0.2, -0.15) is 4.98 Å². The summed E-state index contributed by atoms with van der Waals surface area (Å²) in [7, 11) is 0. The Morgan fingerprint density at radius 2 is 1.69 bits per heavy atom. The first-order valence-corrected chi connectivity index (χ1v) is 10.9. The first-order valence-electron chi connectivity index (χ1n) is 10.5. The molecule has 2 atom stereocenters. The van der Waals surface area contributed by atoms with Gasteiger partial charge in [0.2, 0.25) is 5.95 Å². The van der Waals surface area contributed by atoms with Gasteiger partial charge in [-0.3, -0.25) is 0 Å². The average Bonchev–Trinajstić information content (AvgIpc) is 3.60. The van der Waals surface area contributed by atoms with E-state index in [2.05, 4.69) is 40.5 Å². The molecule has 0 spiro atoms. The van der Waals surface area contributed by atoms with Crippen LogP contribution in [0.3, 0.4) is 0 Å². The maximum atomic E-state index is 6.16. The molecule has 2 fully saturated rings. The Morgan fingerprint density at radius 3 is 2.52 bits per heavy atom. The highest BCUT2D eigenvalue weighted by molar-refractivity contribution is 6.30. The Bertz CT molecular complexity index is 1080. The molecule has 4 nitrogen and oxygen atoms in total. The van der Waals surface area contributed by atoms with Crippen molar-refractivity contribution in [3.8, 4) is 0 Å². The number of hydrogen-bond acceptors (Lipinski definition) is 4. The van der Waals surface area contributed by atoms with Crippen molar-refractivity contribution in [1.29, 1.82) is 0 Å². The lowest BCUT2D eigenvalue weighted by Crippen LogP contribution is -2.43. The number of nitrogens with zero attached hydrogens (tertiary/aromatic N) is 3. The highest BCUT2D eigenvalue weighted by Crippen LogP contribution is 2.49. The molecule has 0 amide bonds. The van der Waals surface area contributed by atoms with Crippen molar-refractivity contribution >= 4 is 29.1 Å². The first kappa shape index (κ1) is 17.3. The maximum Gasteiger partial charge on any atom is 0.229 e. The van der Waals surface area contributed by atoms with Crippen molar-refractivity contribution in [3.63, 3.8) is 0 Å². The SMILES string of the molecule is Clc1cccc(Nc2nc(C3CC3)cc(N3C[C@H]4CC[C@H]3c3ccccc34)n2)c1. The number of aromatic nitrogens is 2. The summed E-state index contributed by atoms with van der Waals surface area (Å²) < 4.78 is 0. The van der Waals surface area contributed by atoms with Crippen molar-refractivity contribution in [3.05, 3.63) is 76.4 Å². The van der Waals surface area contributed by atoms with Crippen molar-refractivity contribution in [2.24, 2.45) is 0 Å². The lowest BCUT2D eigenvalue weighted by Gasteiger charge is -2.47. The Labute approximate surface area is 175 Å². The van der Waals surface area contributed by atoms with Gasteiger partial charge in [0.05, 0.1) is 11.7 Å². The van der Waals surface area contributed by atoms with Crippen LogP contribution < -0.4 is 10.2 Å². The zero-order valence-corrected chi connectivity index (χ0v) is 16.9. The second-order valence-corrected chi connectivity index (χ2v) is 8.89. The summed E-state index contributed by atoms with van der Waals surface area (Å²) in [6.45, 7) is 1.04. The fourth-order valence-electron chi connectivity index (χ4n) is 4.93. The van der Waals surface area contributed by atoms with Gasteiger partial charge < -0.3 is 10.2 Å². The van der Waals surface area contributed by atoms with Crippen LogP contribution in [0.15, 0.2) is 54.6 Å². The summed E-state index contributed by atoms with van der Waals surface area (Å²) >= 11 is 6.16. The van der Waals surface area contributed by atoms with Crippen molar-refractivity contribution in [1.82, 2.24) is 9.97 Å². The fraction of sp³-hybridized carbons (Fsp3) is 0.333. The molecule has 2 aromatic carbocycles. The van der Waals surface area contributed by atoms with Crippen LogP contribution in [0, 0.1) is 0 Å². The zero-order chi connectivity index (χ0) is 19.4. The molecule has 1 saturated heterocycles. The Hall–Kier alpha value is -2.59. The van der Waals surface area contributed by atoms with E-state index < -0.39 is 0 Å². The molecule has 146 valence electrons. The van der Waals surface area contributed by atoms with Crippen LogP contribution in [0.5, 0.6) is 0 Å². The molecule has 7 rings (SSSR count). The van der Waals surface area contributed by atoms with Gasteiger partial charge in [0.25, 0.3) is 0 Å². The summed E-state index contributed by atoms with van der Waals surface area (Å²) in [5.41, 5.74) is 5.09.